The van der Waals surface area contributed by atoms with Crippen molar-refractivity contribution in [1.82, 2.24) is 29.4 Å². The van der Waals surface area contributed by atoms with Gasteiger partial charge < -0.3 is 14.4 Å². The minimum absolute atomic E-state index is 0.146. The highest BCUT2D eigenvalue weighted by Crippen LogP contribution is 2.41. The van der Waals surface area contributed by atoms with E-state index in [1.165, 1.54) is 0 Å². The number of ether oxygens (including phenoxy) is 2. The molecule has 1 saturated heterocycles. The Balaban J connectivity index is 1.38. The van der Waals surface area contributed by atoms with Gasteiger partial charge in [0.25, 0.3) is 5.91 Å². The van der Waals surface area contributed by atoms with Gasteiger partial charge in [0.05, 0.1) is 54.6 Å². The van der Waals surface area contributed by atoms with Gasteiger partial charge >= 0.3 is 0 Å². The van der Waals surface area contributed by atoms with Gasteiger partial charge in [-0.3, -0.25) is 14.4 Å². The fourth-order valence-electron chi connectivity index (χ4n) is 5.70. The van der Waals surface area contributed by atoms with Crippen molar-refractivity contribution in [3.8, 4) is 28.1 Å². The molecule has 0 atom stereocenters. The van der Waals surface area contributed by atoms with Gasteiger partial charge in [0.2, 0.25) is 0 Å². The maximum Gasteiger partial charge on any atom is 0.274 e. The molecule has 12 heteroatoms. The minimum Gasteiger partial charge on any atom is -0.383 e. The third kappa shape index (κ3) is 5.87. The number of nitrogens with zero attached hydrogens (tertiary/aromatic N) is 6. The molecule has 0 spiro atoms. The Kier molecular flexibility index (Phi) is 8.44. The minimum atomic E-state index is -3.66. The normalized spacial score (nSPS) is 16.0. The number of fused-ring (bicyclic) bond motifs is 3. The molecule has 43 heavy (non-hydrogen) atoms. The van der Waals surface area contributed by atoms with Crippen LogP contribution < -0.4 is 0 Å². The summed E-state index contributed by atoms with van der Waals surface area (Å²) in [6.07, 6.45) is 3.88. The molecule has 2 aliphatic heterocycles. The summed E-state index contributed by atoms with van der Waals surface area (Å²) in [6.45, 7) is 8.15. The molecule has 4 heterocycles. The molecule has 2 aliphatic rings. The first-order valence-corrected chi connectivity index (χ1v) is 16.2. The van der Waals surface area contributed by atoms with E-state index in [-0.39, 0.29) is 22.2 Å². The summed E-state index contributed by atoms with van der Waals surface area (Å²) in [6, 6.07) is 14.8. The van der Waals surface area contributed by atoms with Crippen molar-refractivity contribution in [2.75, 3.05) is 59.7 Å². The predicted octanol–water partition coefficient (Wildman–Crippen LogP) is 3.13. The first-order chi connectivity index (χ1) is 20.9. The summed E-state index contributed by atoms with van der Waals surface area (Å²) >= 11 is 0. The zero-order valence-corrected chi connectivity index (χ0v) is 25.3. The van der Waals surface area contributed by atoms with E-state index in [4.69, 9.17) is 14.6 Å². The van der Waals surface area contributed by atoms with Crippen molar-refractivity contribution in [2.24, 2.45) is 0 Å². The summed E-state index contributed by atoms with van der Waals surface area (Å²) in [7, 11) is -2.08. The number of hydrogen-bond donors (Lipinski definition) is 0. The Morgan fingerprint density at radius 2 is 1.88 bits per heavy atom. The largest absolute Gasteiger partial charge is 0.383 e. The Bertz CT molecular complexity index is 1720. The van der Waals surface area contributed by atoms with Crippen LogP contribution >= 0.6 is 0 Å². The number of methoxy groups -OCH3 is 1. The maximum atomic E-state index is 13.8. The molecule has 0 aliphatic carbocycles. The number of amides is 1. The van der Waals surface area contributed by atoms with E-state index in [1.807, 2.05) is 48.3 Å². The van der Waals surface area contributed by atoms with Gasteiger partial charge in [0.1, 0.15) is 0 Å². The standard InChI is InChI=1S/C31H36N6O5S/c1-3-35(15-16-41-2)31(38)29-27-22-43(39,40)28-10-5-4-9-26(28)30(27)37(33-29)25-8-6-7-23(19-25)24-20-32-36(21-24)12-11-34-13-17-42-18-14-34/h4-10,19-21H,3,11-18,22H2,1-2H3. The molecule has 1 amide bonds. The van der Waals surface area contributed by atoms with Crippen LogP contribution in [0.25, 0.3) is 28.1 Å². The number of benzene rings is 2. The van der Waals surface area contributed by atoms with Crippen molar-refractivity contribution >= 4 is 15.7 Å². The van der Waals surface area contributed by atoms with Crippen molar-refractivity contribution in [2.45, 2.75) is 24.1 Å². The van der Waals surface area contributed by atoms with E-state index >= 15 is 0 Å². The molecular weight excluding hydrogens is 568 g/mol. The molecular formula is C31H36N6O5S. The van der Waals surface area contributed by atoms with E-state index in [2.05, 4.69) is 10.00 Å². The van der Waals surface area contributed by atoms with Gasteiger partial charge in [0, 0.05) is 62.7 Å². The lowest BCUT2D eigenvalue weighted by molar-refractivity contribution is 0.0360. The number of rotatable bonds is 10. The molecule has 226 valence electrons. The van der Waals surface area contributed by atoms with E-state index in [1.54, 1.807) is 41.0 Å². The third-order valence-corrected chi connectivity index (χ3v) is 9.73. The molecule has 1 fully saturated rings. The molecule has 0 saturated carbocycles. The number of likely N-dealkylation sites (N-methyl/N-ethyl adjacent to an activating group) is 1. The number of aromatic nitrogens is 4. The van der Waals surface area contributed by atoms with Crippen molar-refractivity contribution < 1.29 is 22.7 Å². The molecule has 6 rings (SSSR count). The van der Waals surface area contributed by atoms with Crippen LogP contribution in [0.3, 0.4) is 0 Å². The van der Waals surface area contributed by atoms with Crippen molar-refractivity contribution in [1.29, 1.82) is 0 Å². The first kappa shape index (κ1) is 29.2. The summed E-state index contributed by atoms with van der Waals surface area (Å²) in [4.78, 5) is 18.0. The molecule has 0 bridgehead atoms. The maximum absolute atomic E-state index is 13.8. The number of carbonyl (C=O) groups excluding carboxylic acids is 1. The van der Waals surface area contributed by atoms with E-state index in [9.17, 15) is 13.2 Å². The monoisotopic (exact) mass is 604 g/mol. The van der Waals surface area contributed by atoms with Crippen LogP contribution in [-0.2, 0) is 31.6 Å². The van der Waals surface area contributed by atoms with Gasteiger partial charge in [0.15, 0.2) is 15.5 Å². The lowest BCUT2D eigenvalue weighted by atomic mass is 10.0. The predicted molar refractivity (Wildman–Crippen MR) is 162 cm³/mol. The Labute approximate surface area is 251 Å². The van der Waals surface area contributed by atoms with Crippen LogP contribution in [0, 0.1) is 0 Å². The zero-order chi connectivity index (χ0) is 30.0. The number of carbonyl (C=O) groups is 1. The van der Waals surface area contributed by atoms with Crippen molar-refractivity contribution in [3.05, 3.63) is 72.2 Å². The molecule has 0 unspecified atom stereocenters. The molecule has 0 N–H and O–H groups in total. The molecule has 0 radical (unpaired) electrons. The van der Waals surface area contributed by atoms with Gasteiger partial charge in [-0.05, 0) is 30.7 Å². The average Bonchev–Trinajstić information content (AvgIpc) is 3.66. The highest BCUT2D eigenvalue weighted by molar-refractivity contribution is 7.90. The second-order valence-corrected chi connectivity index (χ2v) is 12.7. The third-order valence-electron chi connectivity index (χ3n) is 8.04. The first-order valence-electron chi connectivity index (χ1n) is 14.5. The quantitative estimate of drug-likeness (QED) is 0.272. The Hall–Kier alpha value is -3.84. The highest BCUT2D eigenvalue weighted by atomic mass is 32.2. The van der Waals surface area contributed by atoms with Gasteiger partial charge in [-0.2, -0.15) is 10.2 Å². The van der Waals surface area contributed by atoms with Gasteiger partial charge in [-0.1, -0.05) is 30.3 Å². The lowest BCUT2D eigenvalue weighted by Gasteiger charge is -2.26. The van der Waals surface area contributed by atoms with Crippen LogP contribution in [0.2, 0.25) is 0 Å². The van der Waals surface area contributed by atoms with Crippen LogP contribution in [0.15, 0.2) is 65.8 Å². The topological polar surface area (TPSA) is 112 Å². The van der Waals surface area contributed by atoms with E-state index in [0.717, 1.165) is 56.2 Å². The second-order valence-electron chi connectivity index (χ2n) is 10.7. The van der Waals surface area contributed by atoms with Gasteiger partial charge in [-0.15, -0.1) is 0 Å². The zero-order valence-electron chi connectivity index (χ0n) is 24.5. The number of hydrogen-bond acceptors (Lipinski definition) is 8. The van der Waals surface area contributed by atoms with Crippen molar-refractivity contribution in [3.63, 3.8) is 0 Å². The Morgan fingerprint density at radius 3 is 2.67 bits per heavy atom. The lowest BCUT2D eigenvalue weighted by Crippen LogP contribution is -2.38. The SMILES string of the molecule is CCN(CCOC)C(=O)c1nn(-c2cccc(-c3cnn(CCN4CCOCC4)c3)c2)c2c1CS(=O)(=O)c1ccccc1-2. The second kappa shape index (κ2) is 12.4. The number of sulfone groups is 1. The summed E-state index contributed by atoms with van der Waals surface area (Å²) < 4.78 is 41.0. The van der Waals surface area contributed by atoms with Gasteiger partial charge in [-0.25, -0.2) is 13.1 Å². The Morgan fingerprint density at radius 1 is 1.07 bits per heavy atom. The summed E-state index contributed by atoms with van der Waals surface area (Å²) in [5, 5.41) is 9.39. The fourth-order valence-corrected chi connectivity index (χ4v) is 7.29. The van der Waals surface area contributed by atoms with E-state index < -0.39 is 9.84 Å². The summed E-state index contributed by atoms with van der Waals surface area (Å²) in [5.41, 5.74) is 4.35. The summed E-state index contributed by atoms with van der Waals surface area (Å²) in [5.74, 6) is -0.612. The van der Waals surface area contributed by atoms with E-state index in [0.29, 0.717) is 36.5 Å². The number of morpholine rings is 1. The van der Waals surface area contributed by atoms with Crippen LogP contribution in [-0.4, -0.2) is 103 Å². The molecule has 11 nitrogen and oxygen atoms in total. The van der Waals surface area contributed by atoms with Crippen LogP contribution in [0.5, 0.6) is 0 Å². The average molecular weight is 605 g/mol. The molecule has 2 aromatic heterocycles. The molecule has 4 aromatic rings. The fraction of sp³-hybridized carbons (Fsp3) is 0.387. The van der Waals surface area contributed by atoms with Crippen LogP contribution in [0.1, 0.15) is 23.0 Å². The molecule has 2 aromatic carbocycles. The van der Waals surface area contributed by atoms with Crippen LogP contribution in [0.4, 0.5) is 0 Å². The smallest absolute Gasteiger partial charge is 0.274 e. The highest BCUT2D eigenvalue weighted by Gasteiger charge is 2.37.